The molecule has 1 N–H and O–H groups in total. The summed E-state index contributed by atoms with van der Waals surface area (Å²) in [6, 6.07) is -0.456. The van der Waals surface area contributed by atoms with Crippen LogP contribution in [0.15, 0.2) is 0 Å². The molecule has 1 saturated heterocycles. The summed E-state index contributed by atoms with van der Waals surface area (Å²) in [7, 11) is 5.37. The Morgan fingerprint density at radius 3 is 1.71 bits per heavy atom. The van der Waals surface area contributed by atoms with Gasteiger partial charge in [-0.15, -0.1) is 5.92 Å². The van der Waals surface area contributed by atoms with Crippen LogP contribution in [0.1, 0.15) is 0 Å². The minimum Gasteiger partial charge on any atom is 0 e. The van der Waals surface area contributed by atoms with Gasteiger partial charge in [0.25, 0.3) is 0 Å². The van der Waals surface area contributed by atoms with E-state index in [1.807, 2.05) is 0 Å². The molecule has 0 spiro atoms. The molecule has 1 rings (SSSR count). The van der Waals surface area contributed by atoms with Gasteiger partial charge in [0.15, 0.2) is 0 Å². The largest absolute Gasteiger partial charge is 0 e. The Kier molecular flexibility index (Phi) is 25.7. The van der Waals surface area contributed by atoms with E-state index < -0.39 is 18.2 Å². The molecular weight excluding hydrogens is 771 g/mol. The quantitative estimate of drug-likeness (QED) is 0.264. The van der Waals surface area contributed by atoms with Crippen molar-refractivity contribution in [2.24, 2.45) is 5.92 Å². The fourth-order valence-electron chi connectivity index (χ4n) is 0.853. The summed E-state index contributed by atoms with van der Waals surface area (Å²) in [6.45, 7) is 7.14. The Morgan fingerprint density at radius 2 is 1.64 bits per heavy atom. The van der Waals surface area contributed by atoms with Gasteiger partial charge in [0.05, 0.1) is 0 Å². The van der Waals surface area contributed by atoms with Crippen molar-refractivity contribution in [3.8, 4) is 0 Å². The summed E-state index contributed by atoms with van der Waals surface area (Å²) in [5, 5.41) is 9.11. The van der Waals surface area contributed by atoms with Crippen LogP contribution in [0.5, 0.6) is 0 Å². The minimum atomic E-state index is -0.611. The number of hydrogen-bond acceptors (Lipinski definition) is 3. The smallest absolute Gasteiger partial charge is 0 e. The normalized spacial score (nSPS) is 33.6. The molecule has 77 valence electrons. The maximum atomic E-state index is 9.11. The standard InChI is InChI=1S/C6H9BO2.O.3W.Y/c1-3-5(8)4(2)9-6(3)7;;;;;/h3-6,8H,1-2H2;;;;;/q-2;;;;;. The van der Waals surface area contributed by atoms with Crippen LogP contribution < -0.4 is 0 Å². The van der Waals surface area contributed by atoms with E-state index in [0.29, 0.717) is 19.8 Å². The van der Waals surface area contributed by atoms with Gasteiger partial charge in [-0.3, -0.25) is 0 Å². The third kappa shape index (κ3) is 8.10. The van der Waals surface area contributed by atoms with Crippen molar-refractivity contribution in [3.63, 3.8) is 0 Å². The molecule has 1 aliphatic rings. The maximum Gasteiger partial charge on any atom is 0 e. The molecule has 4 atom stereocenters. The van der Waals surface area contributed by atoms with Crippen LogP contribution >= 0.6 is 0 Å². The van der Waals surface area contributed by atoms with Crippen molar-refractivity contribution in [1.29, 1.82) is 0 Å². The van der Waals surface area contributed by atoms with Crippen molar-refractivity contribution in [2.75, 3.05) is 0 Å². The first-order chi connectivity index (χ1) is 5.13. The summed E-state index contributed by atoms with van der Waals surface area (Å²) < 4.78 is 13.3. The zero-order valence-corrected chi connectivity index (χ0v) is 19.0. The van der Waals surface area contributed by atoms with Crippen LogP contribution in [0.3, 0.4) is 0 Å². The molecule has 0 aliphatic carbocycles. The molecule has 3 radical (unpaired) electrons. The molecular formula is C6H9BO3W3Y-2. The molecule has 0 amide bonds. The van der Waals surface area contributed by atoms with Gasteiger partial charge in [-0.25, -0.2) is 0 Å². The summed E-state index contributed by atoms with van der Waals surface area (Å²) in [5.74, 6) is -0.243. The summed E-state index contributed by atoms with van der Waals surface area (Å²) >= 11 is 0.333. The van der Waals surface area contributed by atoms with Gasteiger partial charge in [0.2, 0.25) is 0 Å². The second kappa shape index (κ2) is 14.0. The average Bonchev–Trinajstić information content (AvgIpc) is 2.22. The van der Waals surface area contributed by atoms with Crippen molar-refractivity contribution < 1.29 is 108 Å². The second-order valence-electron chi connectivity index (χ2n) is 2.29. The third-order valence-corrected chi connectivity index (χ3v) is 1.57. The molecule has 1 heterocycles. The molecule has 0 aromatic rings. The number of ether oxygens (including phenoxy) is 1. The van der Waals surface area contributed by atoms with E-state index >= 15 is 0 Å². The number of rotatable bonds is 0. The number of hydrogen-bond donors (Lipinski definition) is 1. The van der Waals surface area contributed by atoms with Gasteiger partial charge in [-0.2, -0.15) is 0 Å². The van der Waals surface area contributed by atoms with Crippen molar-refractivity contribution >= 4 is 7.85 Å². The molecule has 3 nitrogen and oxygen atoms in total. The Labute approximate surface area is 151 Å². The van der Waals surface area contributed by atoms with E-state index in [2.05, 4.69) is 13.8 Å². The predicted octanol–water partition coefficient (Wildman–Crippen LogP) is -0.604. The Bertz CT molecular complexity index is 123. The first-order valence-corrected chi connectivity index (χ1v) is 4.24. The van der Waals surface area contributed by atoms with Crippen LogP contribution in [0.4, 0.5) is 0 Å². The Balaban J connectivity index is -0.0000000942. The second-order valence-corrected chi connectivity index (χ2v) is 2.29. The van der Waals surface area contributed by atoms with Crippen LogP contribution in [0.25, 0.3) is 0 Å². The van der Waals surface area contributed by atoms with E-state index in [0.717, 1.165) is 0 Å². The van der Waals surface area contributed by atoms with E-state index in [4.69, 9.17) is 21.1 Å². The molecule has 1 aliphatic heterocycles. The first-order valence-electron chi connectivity index (χ1n) is 3.05. The van der Waals surface area contributed by atoms with Gasteiger partial charge in [-0.05, 0) is 12.1 Å². The van der Waals surface area contributed by atoms with Crippen LogP contribution in [-0.2, 0) is 103 Å². The molecule has 0 aromatic carbocycles. The minimum absolute atomic E-state index is 0. The monoisotopic (exact) mass is 781 g/mol. The zero-order valence-electron chi connectivity index (χ0n) is 7.37. The SMILES string of the molecule is [B]C1OC([CH2-])C(O)C1[CH2-].[O]=[W].[W].[W].[Y]. The van der Waals surface area contributed by atoms with E-state index in [9.17, 15) is 0 Å². The van der Waals surface area contributed by atoms with E-state index in [1.165, 1.54) is 0 Å². The van der Waals surface area contributed by atoms with E-state index in [1.54, 1.807) is 0 Å². The van der Waals surface area contributed by atoms with Crippen molar-refractivity contribution in [1.82, 2.24) is 0 Å². The molecule has 14 heavy (non-hydrogen) atoms. The van der Waals surface area contributed by atoms with E-state index in [-0.39, 0.29) is 80.8 Å². The average molecular weight is 780 g/mol. The third-order valence-electron chi connectivity index (χ3n) is 1.57. The van der Waals surface area contributed by atoms with Gasteiger partial charge >= 0.3 is 23.2 Å². The van der Waals surface area contributed by atoms with Crippen LogP contribution in [0, 0.1) is 19.8 Å². The Morgan fingerprint density at radius 1 is 1.29 bits per heavy atom. The van der Waals surface area contributed by atoms with Gasteiger partial charge in [0, 0.05) is 80.9 Å². The summed E-state index contributed by atoms with van der Waals surface area (Å²) in [4.78, 5) is 0. The summed E-state index contributed by atoms with van der Waals surface area (Å²) in [6.07, 6.45) is -1.03. The fourth-order valence-corrected chi connectivity index (χ4v) is 0.853. The molecule has 0 saturated carbocycles. The van der Waals surface area contributed by atoms with Crippen LogP contribution in [0.2, 0.25) is 0 Å². The van der Waals surface area contributed by atoms with Gasteiger partial charge in [-0.1, -0.05) is 0 Å². The molecule has 1 fully saturated rings. The van der Waals surface area contributed by atoms with Gasteiger partial charge < -0.3 is 23.7 Å². The zero-order chi connectivity index (χ0) is 9.02. The Hall–Kier alpha value is 2.95. The first kappa shape index (κ1) is 25.7. The maximum absolute atomic E-state index is 9.11. The van der Waals surface area contributed by atoms with Crippen molar-refractivity contribution in [2.45, 2.75) is 18.2 Å². The molecule has 0 bridgehead atoms. The summed E-state index contributed by atoms with van der Waals surface area (Å²) in [5.41, 5.74) is 0. The topological polar surface area (TPSA) is 46.5 Å². The molecule has 4 unspecified atom stereocenters. The van der Waals surface area contributed by atoms with Crippen LogP contribution in [-0.4, -0.2) is 31.2 Å². The number of aliphatic hydroxyl groups excluding tert-OH is 1. The van der Waals surface area contributed by atoms with Crippen molar-refractivity contribution in [3.05, 3.63) is 13.8 Å². The van der Waals surface area contributed by atoms with Gasteiger partial charge in [0.1, 0.15) is 7.85 Å². The number of aliphatic hydroxyl groups is 1. The molecule has 8 heteroatoms. The fraction of sp³-hybridized carbons (Fsp3) is 0.667. The molecule has 0 aromatic heterocycles. The predicted molar refractivity (Wildman–Crippen MR) is 35.3 cm³/mol.